The molecule has 1 aliphatic heterocycles. The topological polar surface area (TPSA) is 109 Å². The van der Waals surface area contributed by atoms with Gasteiger partial charge in [-0.3, -0.25) is 14.6 Å². The lowest BCUT2D eigenvalue weighted by atomic mass is 9.99. The van der Waals surface area contributed by atoms with E-state index in [1.54, 1.807) is 31.1 Å². The third-order valence-electron chi connectivity index (χ3n) is 5.71. The third-order valence-corrected chi connectivity index (χ3v) is 5.71. The second-order valence-electron chi connectivity index (χ2n) is 8.53. The summed E-state index contributed by atoms with van der Waals surface area (Å²) >= 11 is 0. The standard InChI is InChI=1S/C25H31N5O4/c1-5-6-7-8-19-11-20-23(28-12-19)34-22(17(2)14-30(24(20)32)18(3)16-31)15-29(4)25(33)21-13-26-9-10-27-21/h9-13,17-18,22,31H,5-6,14-16H2,1-4H3/t17-,18+,22-/m1/s1. The zero-order chi connectivity index (χ0) is 24.7. The van der Waals surface area contributed by atoms with Gasteiger partial charge in [0.05, 0.1) is 25.4 Å². The number of ether oxygens (including phenoxy) is 1. The van der Waals surface area contributed by atoms with Gasteiger partial charge in [0.25, 0.3) is 11.8 Å². The molecule has 0 unspecified atom stereocenters. The molecule has 3 heterocycles. The van der Waals surface area contributed by atoms with Gasteiger partial charge in [-0.2, -0.15) is 0 Å². The molecule has 0 radical (unpaired) electrons. The number of rotatable bonds is 6. The number of hydrogen-bond acceptors (Lipinski definition) is 7. The average molecular weight is 466 g/mol. The molecule has 1 N–H and O–H groups in total. The third kappa shape index (κ3) is 5.88. The number of hydrogen-bond donors (Lipinski definition) is 1. The van der Waals surface area contributed by atoms with Gasteiger partial charge < -0.3 is 19.6 Å². The molecule has 34 heavy (non-hydrogen) atoms. The van der Waals surface area contributed by atoms with Gasteiger partial charge in [-0.1, -0.05) is 25.7 Å². The van der Waals surface area contributed by atoms with Gasteiger partial charge >= 0.3 is 0 Å². The number of aromatic nitrogens is 3. The van der Waals surface area contributed by atoms with E-state index in [1.807, 2.05) is 13.8 Å². The SMILES string of the molecule is CCCC#Cc1cnc2c(c1)C(=O)N([C@@H](C)CO)C[C@@H](C)[C@@H](CN(C)C(=O)c1cnccn1)O2. The number of nitrogens with zero attached hydrogens (tertiary/aromatic N) is 5. The van der Waals surface area contributed by atoms with E-state index in [-0.39, 0.29) is 42.5 Å². The largest absolute Gasteiger partial charge is 0.472 e. The van der Waals surface area contributed by atoms with Crippen LogP contribution in [0.1, 0.15) is 60.0 Å². The van der Waals surface area contributed by atoms with Crippen molar-refractivity contribution in [2.75, 3.05) is 26.7 Å². The Morgan fingerprint density at radius 1 is 1.35 bits per heavy atom. The molecular weight excluding hydrogens is 434 g/mol. The first-order valence-corrected chi connectivity index (χ1v) is 11.4. The Hall–Kier alpha value is -3.51. The van der Waals surface area contributed by atoms with Gasteiger partial charge in [-0.15, -0.1) is 0 Å². The molecule has 2 aromatic heterocycles. The second-order valence-corrected chi connectivity index (χ2v) is 8.53. The van der Waals surface area contributed by atoms with Crippen LogP contribution >= 0.6 is 0 Å². The van der Waals surface area contributed by atoms with E-state index in [2.05, 4.69) is 26.8 Å². The summed E-state index contributed by atoms with van der Waals surface area (Å²) < 4.78 is 6.22. The van der Waals surface area contributed by atoms with Gasteiger partial charge in [0.2, 0.25) is 5.88 Å². The summed E-state index contributed by atoms with van der Waals surface area (Å²) in [4.78, 5) is 41.8. The molecule has 3 atom stereocenters. The zero-order valence-corrected chi connectivity index (χ0v) is 20.1. The number of pyridine rings is 1. The van der Waals surface area contributed by atoms with Crippen molar-refractivity contribution in [3.05, 3.63) is 47.7 Å². The molecule has 0 aromatic carbocycles. The highest BCUT2D eigenvalue weighted by Crippen LogP contribution is 2.27. The summed E-state index contributed by atoms with van der Waals surface area (Å²) in [6.07, 6.45) is 7.23. The monoisotopic (exact) mass is 465 g/mol. The van der Waals surface area contributed by atoms with E-state index in [4.69, 9.17) is 4.74 Å². The van der Waals surface area contributed by atoms with E-state index in [0.717, 1.165) is 12.8 Å². The second kappa shape index (κ2) is 11.6. The molecule has 1 aliphatic rings. The van der Waals surface area contributed by atoms with E-state index in [9.17, 15) is 14.7 Å². The molecule has 3 rings (SSSR count). The Morgan fingerprint density at radius 3 is 2.82 bits per heavy atom. The lowest BCUT2D eigenvalue weighted by Gasteiger charge is -2.37. The number of aliphatic hydroxyl groups is 1. The van der Waals surface area contributed by atoms with Gasteiger partial charge in [0, 0.05) is 50.1 Å². The fraction of sp³-hybridized carbons (Fsp3) is 0.480. The summed E-state index contributed by atoms with van der Waals surface area (Å²) in [6.45, 7) is 6.23. The van der Waals surface area contributed by atoms with Crippen LogP contribution in [0.5, 0.6) is 5.88 Å². The normalized spacial score (nSPS) is 18.5. The van der Waals surface area contributed by atoms with Crippen LogP contribution in [0.25, 0.3) is 0 Å². The van der Waals surface area contributed by atoms with Crippen molar-refractivity contribution in [1.29, 1.82) is 0 Å². The van der Waals surface area contributed by atoms with Crippen molar-refractivity contribution in [2.24, 2.45) is 5.92 Å². The maximum Gasteiger partial charge on any atom is 0.273 e. The molecule has 9 nitrogen and oxygen atoms in total. The first kappa shape index (κ1) is 25.1. The summed E-state index contributed by atoms with van der Waals surface area (Å²) in [6, 6.07) is 1.29. The molecule has 0 saturated carbocycles. The van der Waals surface area contributed by atoms with Crippen LogP contribution in [0.4, 0.5) is 0 Å². The van der Waals surface area contributed by atoms with Crippen LogP contribution in [-0.4, -0.2) is 80.6 Å². The minimum atomic E-state index is -0.449. The van der Waals surface area contributed by atoms with Crippen LogP contribution in [0.2, 0.25) is 0 Å². The number of aliphatic hydroxyl groups excluding tert-OH is 1. The van der Waals surface area contributed by atoms with Crippen LogP contribution in [0.15, 0.2) is 30.9 Å². The molecule has 0 spiro atoms. The Morgan fingerprint density at radius 2 is 2.15 bits per heavy atom. The average Bonchev–Trinajstić information content (AvgIpc) is 2.86. The number of unbranched alkanes of at least 4 members (excludes halogenated alkanes) is 1. The predicted octanol–water partition coefficient (Wildman–Crippen LogP) is 2.02. The lowest BCUT2D eigenvalue weighted by Crippen LogP contribution is -2.50. The summed E-state index contributed by atoms with van der Waals surface area (Å²) in [7, 11) is 1.67. The molecule has 180 valence electrons. The zero-order valence-electron chi connectivity index (χ0n) is 20.1. The highest BCUT2D eigenvalue weighted by molar-refractivity contribution is 5.97. The number of carbonyl (C=O) groups is 2. The van der Waals surface area contributed by atoms with Crippen molar-refractivity contribution in [1.82, 2.24) is 24.8 Å². The van der Waals surface area contributed by atoms with Crippen LogP contribution < -0.4 is 4.74 Å². The van der Waals surface area contributed by atoms with Gasteiger partial charge in [0.15, 0.2) is 0 Å². The van der Waals surface area contributed by atoms with Crippen LogP contribution in [0, 0.1) is 17.8 Å². The Labute approximate surface area is 200 Å². The molecule has 0 saturated heterocycles. The smallest absolute Gasteiger partial charge is 0.273 e. The van der Waals surface area contributed by atoms with Crippen molar-refractivity contribution in [3.63, 3.8) is 0 Å². The molecule has 2 aromatic rings. The number of carbonyl (C=O) groups excluding carboxylic acids is 2. The minimum absolute atomic E-state index is 0.144. The molecular formula is C25H31N5O4. The van der Waals surface area contributed by atoms with E-state index >= 15 is 0 Å². The van der Waals surface area contributed by atoms with E-state index in [0.29, 0.717) is 17.7 Å². The minimum Gasteiger partial charge on any atom is -0.472 e. The highest BCUT2D eigenvalue weighted by atomic mass is 16.5. The molecule has 0 bridgehead atoms. The fourth-order valence-corrected chi connectivity index (χ4v) is 3.64. The maximum absolute atomic E-state index is 13.4. The lowest BCUT2D eigenvalue weighted by molar-refractivity contribution is 0.0312. The Balaban J connectivity index is 1.93. The molecule has 0 aliphatic carbocycles. The Kier molecular flexibility index (Phi) is 8.55. The first-order valence-electron chi connectivity index (χ1n) is 11.4. The van der Waals surface area contributed by atoms with E-state index < -0.39 is 12.1 Å². The van der Waals surface area contributed by atoms with Gasteiger partial charge in [-0.05, 0) is 19.4 Å². The summed E-state index contributed by atoms with van der Waals surface area (Å²) in [5.74, 6) is 5.61. The van der Waals surface area contributed by atoms with Crippen molar-refractivity contribution >= 4 is 11.8 Å². The van der Waals surface area contributed by atoms with Gasteiger partial charge in [0.1, 0.15) is 17.4 Å². The maximum atomic E-state index is 13.4. The van der Waals surface area contributed by atoms with Crippen molar-refractivity contribution in [2.45, 2.75) is 45.8 Å². The number of fused-ring (bicyclic) bond motifs is 1. The fourth-order valence-electron chi connectivity index (χ4n) is 3.64. The Bertz CT molecular complexity index is 1070. The summed E-state index contributed by atoms with van der Waals surface area (Å²) in [5, 5.41) is 9.78. The predicted molar refractivity (Wildman–Crippen MR) is 126 cm³/mol. The van der Waals surface area contributed by atoms with Crippen LogP contribution in [-0.2, 0) is 0 Å². The molecule has 2 amide bonds. The quantitative estimate of drug-likeness (QED) is 0.650. The number of likely N-dealkylation sites (N-methyl/N-ethyl adjacent to an activating group) is 1. The molecule has 0 fully saturated rings. The van der Waals surface area contributed by atoms with Crippen LogP contribution in [0.3, 0.4) is 0 Å². The summed E-state index contributed by atoms with van der Waals surface area (Å²) in [5.41, 5.74) is 1.16. The molecule has 9 heteroatoms. The van der Waals surface area contributed by atoms with E-state index in [1.165, 1.54) is 23.5 Å². The first-order chi connectivity index (χ1) is 16.3. The van der Waals surface area contributed by atoms with Gasteiger partial charge in [-0.25, -0.2) is 9.97 Å². The number of amides is 2. The van der Waals surface area contributed by atoms with Crippen molar-refractivity contribution in [3.8, 4) is 17.7 Å². The highest BCUT2D eigenvalue weighted by Gasteiger charge is 2.34. The van der Waals surface area contributed by atoms with Crippen molar-refractivity contribution < 1.29 is 19.4 Å².